The summed E-state index contributed by atoms with van der Waals surface area (Å²) in [4.78, 5) is 0. The first-order chi connectivity index (χ1) is 7.86. The van der Waals surface area contributed by atoms with Crippen LogP contribution in [0.25, 0.3) is 11.1 Å². The van der Waals surface area contributed by atoms with Crippen molar-refractivity contribution in [1.29, 1.82) is 0 Å². The van der Waals surface area contributed by atoms with E-state index in [-0.39, 0.29) is 0 Å². The molecular formula is C16H14. The van der Waals surface area contributed by atoms with Crippen LogP contribution in [0.15, 0.2) is 42.5 Å². The molecular weight excluding hydrogens is 192 g/mol. The zero-order valence-electron chi connectivity index (χ0n) is 9.40. The zero-order valence-corrected chi connectivity index (χ0v) is 9.40. The molecule has 0 radical (unpaired) electrons. The lowest BCUT2D eigenvalue weighted by Crippen LogP contribution is -2.00. The highest BCUT2D eigenvalue weighted by atomic mass is 14.5. The van der Waals surface area contributed by atoms with Gasteiger partial charge in [0.05, 0.1) is 0 Å². The minimum absolute atomic E-state index is 0.810. The van der Waals surface area contributed by atoms with Crippen molar-refractivity contribution in [3.8, 4) is 11.1 Å². The van der Waals surface area contributed by atoms with E-state index < -0.39 is 0 Å². The predicted octanol–water partition coefficient (Wildman–Crippen LogP) is 4.25. The molecule has 4 rings (SSSR count). The number of hydrogen-bond acceptors (Lipinski definition) is 0. The van der Waals surface area contributed by atoms with Gasteiger partial charge in [-0.3, -0.25) is 0 Å². The van der Waals surface area contributed by atoms with E-state index in [0.717, 1.165) is 11.8 Å². The summed E-state index contributed by atoms with van der Waals surface area (Å²) in [5, 5.41) is 0. The fourth-order valence-electron chi connectivity index (χ4n) is 3.30. The Balaban J connectivity index is 2.11. The predicted molar refractivity (Wildman–Crippen MR) is 66.7 cm³/mol. The molecule has 2 aromatic rings. The van der Waals surface area contributed by atoms with E-state index in [0.29, 0.717) is 0 Å². The molecule has 78 valence electrons. The molecule has 0 spiro atoms. The summed E-state index contributed by atoms with van der Waals surface area (Å²) >= 11 is 0. The molecule has 0 heterocycles. The highest BCUT2D eigenvalue weighted by Gasteiger charge is 2.45. The molecule has 2 unspecified atom stereocenters. The second kappa shape index (κ2) is 2.76. The van der Waals surface area contributed by atoms with Crippen molar-refractivity contribution in [2.45, 2.75) is 25.2 Å². The second-order valence-corrected chi connectivity index (χ2v) is 5.08. The van der Waals surface area contributed by atoms with Gasteiger partial charge in [0, 0.05) is 0 Å². The van der Waals surface area contributed by atoms with Crippen LogP contribution in [0.4, 0.5) is 0 Å². The first kappa shape index (κ1) is 8.58. The van der Waals surface area contributed by atoms with E-state index in [9.17, 15) is 0 Å². The molecule has 0 aromatic heterocycles. The van der Waals surface area contributed by atoms with E-state index >= 15 is 0 Å². The molecule has 0 heteroatoms. The molecule has 0 nitrogen and oxygen atoms in total. The number of aryl methyl sites for hydroxylation is 1. The van der Waals surface area contributed by atoms with Crippen LogP contribution in [0.5, 0.6) is 0 Å². The standard InChI is InChI=1S/C16H14/c1-10-5-4-8-13-15-9-14(15)11-6-2-3-7-12(11)16(10)13/h2-8,14-15H,9H2,1H3. The number of rotatable bonds is 0. The topological polar surface area (TPSA) is 0 Å². The maximum atomic E-state index is 2.32. The average Bonchev–Trinajstić information content (AvgIpc) is 3.09. The largest absolute Gasteiger partial charge is 0.0619 e. The number of benzene rings is 2. The molecule has 16 heavy (non-hydrogen) atoms. The minimum atomic E-state index is 0.810. The summed E-state index contributed by atoms with van der Waals surface area (Å²) in [5.41, 5.74) is 7.58. The van der Waals surface area contributed by atoms with E-state index in [1.807, 2.05) is 0 Å². The molecule has 2 atom stereocenters. The summed E-state index contributed by atoms with van der Waals surface area (Å²) in [5.74, 6) is 1.62. The van der Waals surface area contributed by atoms with Crippen LogP contribution in [-0.2, 0) is 0 Å². The zero-order chi connectivity index (χ0) is 10.7. The Kier molecular flexibility index (Phi) is 1.48. The average molecular weight is 206 g/mol. The summed E-state index contributed by atoms with van der Waals surface area (Å²) in [6.07, 6.45) is 1.35. The first-order valence-electron chi connectivity index (χ1n) is 6.05. The SMILES string of the molecule is Cc1cccc2c1-c1ccccc1C1CC21. The molecule has 0 amide bonds. The summed E-state index contributed by atoms with van der Waals surface area (Å²) < 4.78 is 0. The third kappa shape index (κ3) is 0.948. The molecule has 0 aliphatic heterocycles. The van der Waals surface area contributed by atoms with Gasteiger partial charge in [0.25, 0.3) is 0 Å². The van der Waals surface area contributed by atoms with E-state index in [1.54, 1.807) is 11.1 Å². The van der Waals surface area contributed by atoms with Crippen LogP contribution in [0.2, 0.25) is 0 Å². The molecule has 2 aliphatic carbocycles. The van der Waals surface area contributed by atoms with E-state index in [2.05, 4.69) is 49.4 Å². The van der Waals surface area contributed by atoms with Crippen molar-refractivity contribution >= 4 is 0 Å². The second-order valence-electron chi connectivity index (χ2n) is 5.08. The smallest absolute Gasteiger partial charge is 0.00804 e. The van der Waals surface area contributed by atoms with Gasteiger partial charge in [-0.25, -0.2) is 0 Å². The number of hydrogen-bond donors (Lipinski definition) is 0. The van der Waals surface area contributed by atoms with E-state index in [4.69, 9.17) is 0 Å². The van der Waals surface area contributed by atoms with Gasteiger partial charge in [0.15, 0.2) is 0 Å². The highest BCUT2D eigenvalue weighted by Crippen LogP contribution is 2.62. The van der Waals surface area contributed by atoms with Crippen LogP contribution in [0, 0.1) is 6.92 Å². The van der Waals surface area contributed by atoms with Crippen molar-refractivity contribution in [3.63, 3.8) is 0 Å². The monoisotopic (exact) mass is 206 g/mol. The van der Waals surface area contributed by atoms with Crippen molar-refractivity contribution in [1.82, 2.24) is 0 Å². The van der Waals surface area contributed by atoms with Crippen molar-refractivity contribution in [2.24, 2.45) is 0 Å². The lowest BCUT2D eigenvalue weighted by atomic mass is 9.83. The molecule has 1 fully saturated rings. The molecule has 2 aliphatic rings. The molecule has 1 saturated carbocycles. The van der Waals surface area contributed by atoms with Crippen molar-refractivity contribution < 1.29 is 0 Å². The van der Waals surface area contributed by atoms with Gasteiger partial charge >= 0.3 is 0 Å². The molecule has 0 bridgehead atoms. The Morgan fingerprint density at radius 2 is 1.62 bits per heavy atom. The molecule has 0 saturated heterocycles. The van der Waals surface area contributed by atoms with Crippen LogP contribution in [0.1, 0.15) is 34.9 Å². The Morgan fingerprint density at radius 3 is 2.56 bits per heavy atom. The van der Waals surface area contributed by atoms with Gasteiger partial charge in [-0.2, -0.15) is 0 Å². The van der Waals surface area contributed by atoms with Gasteiger partial charge in [-0.15, -0.1) is 0 Å². The summed E-state index contributed by atoms with van der Waals surface area (Å²) in [7, 11) is 0. The van der Waals surface area contributed by atoms with Gasteiger partial charge < -0.3 is 0 Å². The Bertz CT molecular complexity index is 580. The van der Waals surface area contributed by atoms with Crippen molar-refractivity contribution in [2.75, 3.05) is 0 Å². The van der Waals surface area contributed by atoms with Crippen molar-refractivity contribution in [3.05, 3.63) is 59.2 Å². The fraction of sp³-hybridized carbons (Fsp3) is 0.250. The fourth-order valence-corrected chi connectivity index (χ4v) is 3.30. The Hall–Kier alpha value is -1.56. The van der Waals surface area contributed by atoms with Crippen LogP contribution >= 0.6 is 0 Å². The van der Waals surface area contributed by atoms with E-state index in [1.165, 1.54) is 23.1 Å². The minimum Gasteiger partial charge on any atom is -0.0619 e. The van der Waals surface area contributed by atoms with Crippen LogP contribution in [-0.4, -0.2) is 0 Å². The van der Waals surface area contributed by atoms with Gasteiger partial charge in [0.2, 0.25) is 0 Å². The van der Waals surface area contributed by atoms with Gasteiger partial charge in [-0.1, -0.05) is 42.5 Å². The third-order valence-corrected chi connectivity index (χ3v) is 4.12. The van der Waals surface area contributed by atoms with Crippen LogP contribution < -0.4 is 0 Å². The highest BCUT2D eigenvalue weighted by molar-refractivity contribution is 5.79. The Morgan fingerprint density at radius 1 is 0.875 bits per heavy atom. The maximum absolute atomic E-state index is 2.32. The number of fused-ring (bicyclic) bond motifs is 6. The Labute approximate surface area is 95.9 Å². The third-order valence-electron chi connectivity index (χ3n) is 4.12. The lowest BCUT2D eigenvalue weighted by molar-refractivity contribution is 1.00. The lowest BCUT2D eigenvalue weighted by Gasteiger charge is -2.21. The molecule has 0 N–H and O–H groups in total. The van der Waals surface area contributed by atoms with Gasteiger partial charge in [-0.05, 0) is 53.0 Å². The quantitative estimate of drug-likeness (QED) is 0.604. The maximum Gasteiger partial charge on any atom is -0.00804 e. The first-order valence-corrected chi connectivity index (χ1v) is 6.05. The van der Waals surface area contributed by atoms with Crippen LogP contribution in [0.3, 0.4) is 0 Å². The summed E-state index contributed by atoms with van der Waals surface area (Å²) in [6.45, 7) is 2.23. The summed E-state index contributed by atoms with van der Waals surface area (Å²) in [6, 6.07) is 15.7. The van der Waals surface area contributed by atoms with Gasteiger partial charge in [0.1, 0.15) is 0 Å². The normalized spacial score (nSPS) is 24.3. The molecule has 2 aromatic carbocycles.